The molecule has 0 unspecified atom stereocenters. The Morgan fingerprint density at radius 1 is 0.967 bits per heavy atom. The lowest BCUT2D eigenvalue weighted by atomic mass is 10.1. The zero-order chi connectivity index (χ0) is 21.1. The lowest BCUT2D eigenvalue weighted by Crippen LogP contribution is -2.53. The number of nitrogens with one attached hydrogen (secondary N) is 1. The number of carbonyl (C=O) groups is 1. The first-order valence-corrected chi connectivity index (χ1v) is 11.4. The molecular formula is C21H25N3O5S. The molecule has 0 radical (unpaired) electrons. The molecule has 2 aliphatic heterocycles. The third-order valence-corrected chi connectivity index (χ3v) is 7.23. The molecule has 2 aliphatic rings. The maximum atomic E-state index is 12.7. The first-order chi connectivity index (χ1) is 14.4. The minimum Gasteiger partial charge on any atom is -0.486 e. The monoisotopic (exact) mass is 431 g/mol. The molecule has 1 N–H and O–H groups in total. The van der Waals surface area contributed by atoms with Crippen LogP contribution in [-0.2, 0) is 10.0 Å². The van der Waals surface area contributed by atoms with Crippen LogP contribution in [0.2, 0.25) is 0 Å². The van der Waals surface area contributed by atoms with E-state index < -0.39 is 10.0 Å². The predicted molar refractivity (Wildman–Crippen MR) is 111 cm³/mol. The lowest BCUT2D eigenvalue weighted by Gasteiger charge is -2.34. The average molecular weight is 432 g/mol. The van der Waals surface area contributed by atoms with E-state index in [0.717, 1.165) is 5.56 Å². The number of hydrogen-bond acceptors (Lipinski definition) is 5. The third kappa shape index (κ3) is 4.22. The van der Waals surface area contributed by atoms with Crippen molar-refractivity contribution in [1.29, 1.82) is 0 Å². The molecule has 0 saturated carbocycles. The van der Waals surface area contributed by atoms with Crippen LogP contribution in [-0.4, -0.2) is 63.0 Å². The number of urea groups is 1. The predicted octanol–water partition coefficient (Wildman–Crippen LogP) is 2.23. The molecule has 2 heterocycles. The van der Waals surface area contributed by atoms with Gasteiger partial charge in [0.15, 0.2) is 11.5 Å². The Balaban J connectivity index is 1.34. The zero-order valence-electron chi connectivity index (χ0n) is 16.8. The summed E-state index contributed by atoms with van der Waals surface area (Å²) in [5.74, 6) is 1.39. The van der Waals surface area contributed by atoms with E-state index in [-0.39, 0.29) is 30.1 Å². The fourth-order valence-corrected chi connectivity index (χ4v) is 5.01. The van der Waals surface area contributed by atoms with Crippen LogP contribution >= 0.6 is 0 Å². The van der Waals surface area contributed by atoms with Crippen molar-refractivity contribution >= 4 is 16.1 Å². The van der Waals surface area contributed by atoms with Gasteiger partial charge >= 0.3 is 6.03 Å². The molecule has 9 heteroatoms. The van der Waals surface area contributed by atoms with E-state index in [1.165, 1.54) is 4.31 Å². The Bertz CT molecular complexity index is 1000. The van der Waals surface area contributed by atoms with Gasteiger partial charge in [0.2, 0.25) is 10.0 Å². The maximum absolute atomic E-state index is 12.7. The van der Waals surface area contributed by atoms with Crippen LogP contribution in [0.1, 0.15) is 18.5 Å². The summed E-state index contributed by atoms with van der Waals surface area (Å²) in [7, 11) is -3.54. The van der Waals surface area contributed by atoms with Gasteiger partial charge in [-0.25, -0.2) is 13.2 Å². The van der Waals surface area contributed by atoms with E-state index >= 15 is 0 Å². The Kier molecular flexibility index (Phi) is 5.83. The topological polar surface area (TPSA) is 88.2 Å². The van der Waals surface area contributed by atoms with E-state index in [0.29, 0.717) is 37.8 Å². The van der Waals surface area contributed by atoms with Gasteiger partial charge in [-0.3, -0.25) is 0 Å². The van der Waals surface area contributed by atoms with Gasteiger partial charge in [-0.05, 0) is 36.8 Å². The van der Waals surface area contributed by atoms with Crippen molar-refractivity contribution < 1.29 is 22.7 Å². The zero-order valence-corrected chi connectivity index (χ0v) is 17.6. The van der Waals surface area contributed by atoms with Crippen molar-refractivity contribution in [2.45, 2.75) is 17.9 Å². The van der Waals surface area contributed by atoms with Crippen LogP contribution in [0.3, 0.4) is 0 Å². The van der Waals surface area contributed by atoms with Crippen molar-refractivity contribution in [2.24, 2.45) is 0 Å². The molecule has 0 bridgehead atoms. The molecule has 2 aromatic carbocycles. The van der Waals surface area contributed by atoms with Crippen molar-refractivity contribution in [3.05, 3.63) is 54.1 Å². The molecule has 160 valence electrons. The summed E-state index contributed by atoms with van der Waals surface area (Å²) in [5, 5.41) is 2.98. The number of nitrogens with zero attached hydrogens (tertiary/aromatic N) is 2. The number of ether oxygens (including phenoxy) is 2. The molecule has 1 fully saturated rings. The SMILES string of the molecule is C[C@H](NC(=O)N1CCN(S(=O)(=O)c2ccccc2)CC1)c1ccc2c(c1)OCCO2. The number of piperazine rings is 1. The molecule has 0 aromatic heterocycles. The number of carbonyl (C=O) groups excluding carboxylic acids is 1. The van der Waals surface area contributed by atoms with E-state index in [2.05, 4.69) is 5.32 Å². The summed E-state index contributed by atoms with van der Waals surface area (Å²) in [6.07, 6.45) is 0. The Morgan fingerprint density at radius 2 is 1.63 bits per heavy atom. The fourth-order valence-electron chi connectivity index (χ4n) is 3.56. The molecule has 4 rings (SSSR count). The molecule has 8 nitrogen and oxygen atoms in total. The van der Waals surface area contributed by atoms with Gasteiger partial charge in [0, 0.05) is 26.2 Å². The highest BCUT2D eigenvalue weighted by atomic mass is 32.2. The van der Waals surface area contributed by atoms with Gasteiger partial charge in [0.1, 0.15) is 13.2 Å². The van der Waals surface area contributed by atoms with Crippen LogP contribution in [0.5, 0.6) is 11.5 Å². The standard InChI is InChI=1S/C21H25N3O5S/c1-16(17-7-8-19-20(15-17)29-14-13-28-19)22-21(25)23-9-11-24(12-10-23)30(26,27)18-5-3-2-4-6-18/h2-8,15-16H,9-14H2,1H3,(H,22,25)/t16-/m0/s1. The van der Waals surface area contributed by atoms with Crippen molar-refractivity contribution in [3.8, 4) is 11.5 Å². The smallest absolute Gasteiger partial charge is 0.317 e. The van der Waals surface area contributed by atoms with Gasteiger partial charge in [-0.2, -0.15) is 4.31 Å². The number of rotatable bonds is 4. The van der Waals surface area contributed by atoms with E-state index in [1.54, 1.807) is 35.2 Å². The minimum atomic E-state index is -3.54. The van der Waals surface area contributed by atoms with E-state index in [9.17, 15) is 13.2 Å². The van der Waals surface area contributed by atoms with E-state index in [4.69, 9.17) is 9.47 Å². The van der Waals surface area contributed by atoms with Gasteiger partial charge in [-0.1, -0.05) is 24.3 Å². The second-order valence-electron chi connectivity index (χ2n) is 7.28. The van der Waals surface area contributed by atoms with Crippen LogP contribution in [0.4, 0.5) is 4.79 Å². The second-order valence-corrected chi connectivity index (χ2v) is 9.22. The number of hydrogen-bond donors (Lipinski definition) is 1. The van der Waals surface area contributed by atoms with Gasteiger partial charge < -0.3 is 19.7 Å². The summed E-state index contributed by atoms with van der Waals surface area (Å²) < 4.78 is 38.0. The first kappa shape index (κ1) is 20.5. The largest absolute Gasteiger partial charge is 0.486 e. The Hall–Kier alpha value is -2.78. The molecule has 30 heavy (non-hydrogen) atoms. The average Bonchev–Trinajstić information content (AvgIpc) is 2.79. The first-order valence-electron chi connectivity index (χ1n) is 9.95. The normalized spacial score (nSPS) is 18.0. The maximum Gasteiger partial charge on any atom is 0.317 e. The van der Waals surface area contributed by atoms with Crippen LogP contribution in [0, 0.1) is 0 Å². The lowest BCUT2D eigenvalue weighted by molar-refractivity contribution is 0.168. The molecule has 2 aromatic rings. The minimum absolute atomic E-state index is 0.214. The summed E-state index contributed by atoms with van der Waals surface area (Å²) in [6.45, 7) is 4.15. The number of benzene rings is 2. The summed E-state index contributed by atoms with van der Waals surface area (Å²) in [5.41, 5.74) is 0.915. The number of sulfonamides is 1. The summed E-state index contributed by atoms with van der Waals surface area (Å²) >= 11 is 0. The van der Waals surface area contributed by atoms with Crippen molar-refractivity contribution in [2.75, 3.05) is 39.4 Å². The number of amides is 2. The highest BCUT2D eigenvalue weighted by Gasteiger charge is 2.30. The van der Waals surface area contributed by atoms with Gasteiger partial charge in [0.25, 0.3) is 0 Å². The van der Waals surface area contributed by atoms with E-state index in [1.807, 2.05) is 25.1 Å². The molecule has 1 saturated heterocycles. The molecular weight excluding hydrogens is 406 g/mol. The van der Waals surface area contributed by atoms with Gasteiger partial charge in [0.05, 0.1) is 10.9 Å². The van der Waals surface area contributed by atoms with Crippen LogP contribution in [0.25, 0.3) is 0 Å². The second kappa shape index (κ2) is 8.53. The summed E-state index contributed by atoms with van der Waals surface area (Å²) in [6, 6.07) is 13.6. The van der Waals surface area contributed by atoms with Crippen LogP contribution in [0.15, 0.2) is 53.4 Å². The molecule has 1 atom stereocenters. The quantitative estimate of drug-likeness (QED) is 0.802. The van der Waals surface area contributed by atoms with Crippen LogP contribution < -0.4 is 14.8 Å². The fraction of sp³-hybridized carbons (Fsp3) is 0.381. The highest BCUT2D eigenvalue weighted by molar-refractivity contribution is 7.89. The van der Waals surface area contributed by atoms with Crippen molar-refractivity contribution in [1.82, 2.24) is 14.5 Å². The molecule has 0 spiro atoms. The molecule has 0 aliphatic carbocycles. The van der Waals surface area contributed by atoms with Crippen molar-refractivity contribution in [3.63, 3.8) is 0 Å². The molecule has 2 amide bonds. The third-order valence-electron chi connectivity index (χ3n) is 5.31. The number of fused-ring (bicyclic) bond motifs is 1. The van der Waals surface area contributed by atoms with Gasteiger partial charge in [-0.15, -0.1) is 0 Å². The summed E-state index contributed by atoms with van der Waals surface area (Å²) in [4.78, 5) is 14.6. The Morgan fingerprint density at radius 3 is 2.33 bits per heavy atom. The Labute approximate surface area is 176 Å². The highest BCUT2D eigenvalue weighted by Crippen LogP contribution is 2.32.